The van der Waals surface area contributed by atoms with Crippen molar-refractivity contribution < 1.29 is 4.79 Å². The zero-order chi connectivity index (χ0) is 21.3. The number of carbonyl (C=O) groups is 1. The minimum Gasteiger partial charge on any atom is -0.359 e. The van der Waals surface area contributed by atoms with Crippen LogP contribution < -0.4 is 16.0 Å². The van der Waals surface area contributed by atoms with Crippen molar-refractivity contribution in [1.29, 1.82) is 0 Å². The van der Waals surface area contributed by atoms with Gasteiger partial charge in [-0.15, -0.1) is 0 Å². The first-order chi connectivity index (χ1) is 14.5. The molecule has 2 heterocycles. The monoisotopic (exact) mass is 402 g/mol. The smallest absolute Gasteiger partial charge is 0.239 e. The third-order valence-corrected chi connectivity index (χ3v) is 5.71. The number of benzene rings is 2. The van der Waals surface area contributed by atoms with Gasteiger partial charge in [-0.25, -0.2) is 0 Å². The molecule has 2 aromatic carbocycles. The highest BCUT2D eigenvalue weighted by atomic mass is 16.2. The van der Waals surface area contributed by atoms with Gasteiger partial charge in [-0.1, -0.05) is 55.8 Å². The number of hydrogen-bond acceptors (Lipinski definition) is 4. The van der Waals surface area contributed by atoms with Gasteiger partial charge in [0.2, 0.25) is 5.91 Å². The maximum Gasteiger partial charge on any atom is 0.239 e. The maximum atomic E-state index is 12.0. The fourth-order valence-corrected chi connectivity index (χ4v) is 4.28. The predicted molar refractivity (Wildman–Crippen MR) is 124 cm³/mol. The molecule has 5 heteroatoms. The molecule has 1 saturated heterocycles. The van der Waals surface area contributed by atoms with Crippen LogP contribution in [0, 0.1) is 12.8 Å². The van der Waals surface area contributed by atoms with E-state index in [0.29, 0.717) is 25.6 Å². The highest BCUT2D eigenvalue weighted by Crippen LogP contribution is 2.37. The Hall–Kier alpha value is -2.92. The summed E-state index contributed by atoms with van der Waals surface area (Å²) in [4.78, 5) is 19.3. The van der Waals surface area contributed by atoms with Crippen molar-refractivity contribution >= 4 is 22.5 Å². The predicted octanol–water partition coefficient (Wildman–Crippen LogP) is 3.80. The molecule has 1 fully saturated rings. The van der Waals surface area contributed by atoms with Crippen LogP contribution in [-0.2, 0) is 17.8 Å². The highest BCUT2D eigenvalue weighted by molar-refractivity contribution is 6.03. The number of aromatic nitrogens is 1. The molecule has 3 aromatic rings. The summed E-state index contributed by atoms with van der Waals surface area (Å²) in [6.07, 6.45) is 0.871. The molecule has 0 aliphatic carbocycles. The molecular formula is C25H30N4O. The van der Waals surface area contributed by atoms with Gasteiger partial charge in [0.1, 0.15) is 0 Å². The molecule has 0 unspecified atom stereocenters. The number of amides is 1. The first-order valence-corrected chi connectivity index (χ1v) is 10.7. The Balaban J connectivity index is 2.00. The summed E-state index contributed by atoms with van der Waals surface area (Å²) in [5, 5.41) is 4.00. The second kappa shape index (κ2) is 8.44. The molecule has 0 saturated carbocycles. The number of aryl methyl sites for hydroxylation is 1. The first-order valence-electron chi connectivity index (χ1n) is 10.7. The average molecular weight is 403 g/mol. The zero-order valence-electron chi connectivity index (χ0n) is 18.0. The Morgan fingerprint density at radius 1 is 1.17 bits per heavy atom. The van der Waals surface area contributed by atoms with Crippen LogP contribution in [0.25, 0.3) is 22.0 Å². The van der Waals surface area contributed by atoms with Crippen LogP contribution in [0.4, 0.5) is 5.69 Å². The van der Waals surface area contributed by atoms with E-state index < -0.39 is 0 Å². The minimum absolute atomic E-state index is 0.0537. The molecule has 1 aliphatic rings. The summed E-state index contributed by atoms with van der Waals surface area (Å²) >= 11 is 0. The van der Waals surface area contributed by atoms with Gasteiger partial charge in [0, 0.05) is 30.7 Å². The Kier molecular flexibility index (Phi) is 5.73. The lowest BCUT2D eigenvalue weighted by Crippen LogP contribution is -2.47. The van der Waals surface area contributed by atoms with Crippen LogP contribution in [-0.4, -0.2) is 30.5 Å². The van der Waals surface area contributed by atoms with Gasteiger partial charge in [0.25, 0.3) is 0 Å². The number of pyridine rings is 1. The van der Waals surface area contributed by atoms with E-state index in [0.717, 1.165) is 46.4 Å². The van der Waals surface area contributed by atoms with Gasteiger partial charge in [0.05, 0.1) is 17.7 Å². The molecule has 3 N–H and O–H groups in total. The Morgan fingerprint density at radius 3 is 2.60 bits per heavy atom. The van der Waals surface area contributed by atoms with Gasteiger partial charge in [-0.2, -0.15) is 0 Å². The summed E-state index contributed by atoms with van der Waals surface area (Å²) in [5.41, 5.74) is 14.0. The number of para-hydroxylation sites is 1. The summed E-state index contributed by atoms with van der Waals surface area (Å²) < 4.78 is 0. The second-order valence-electron chi connectivity index (χ2n) is 8.52. The molecule has 5 nitrogen and oxygen atoms in total. The van der Waals surface area contributed by atoms with Crippen LogP contribution in [0.1, 0.15) is 30.7 Å². The molecular weight excluding hydrogens is 372 g/mol. The van der Waals surface area contributed by atoms with Gasteiger partial charge in [0.15, 0.2) is 0 Å². The fraction of sp³-hybridized carbons (Fsp3) is 0.360. The van der Waals surface area contributed by atoms with E-state index in [2.05, 4.69) is 73.5 Å². The number of nitrogens with one attached hydrogen (secondary N) is 1. The summed E-state index contributed by atoms with van der Waals surface area (Å²) in [6, 6.07) is 14.9. The number of anilines is 1. The lowest BCUT2D eigenvalue weighted by molar-refractivity contribution is -0.120. The van der Waals surface area contributed by atoms with Gasteiger partial charge in [-0.3, -0.25) is 9.78 Å². The zero-order valence-corrected chi connectivity index (χ0v) is 18.0. The SMILES string of the molecule is Cc1ccc(-c2c(CN)c(CC(C)C)nc3c(N4CCNC(=O)C4)cccc23)cc1. The molecule has 0 radical (unpaired) electrons. The number of fused-ring (bicyclic) bond motifs is 1. The third kappa shape index (κ3) is 3.90. The number of nitrogens with zero attached hydrogens (tertiary/aromatic N) is 2. The Morgan fingerprint density at radius 2 is 1.93 bits per heavy atom. The standard InChI is InChI=1S/C25H30N4O/c1-16(2)13-21-20(14-26)24(18-9-7-17(3)8-10-18)19-5-4-6-22(25(19)28-21)29-12-11-27-23(30)15-29/h4-10,16H,11-15,26H2,1-3H3,(H,27,30). The van der Waals surface area contributed by atoms with Crippen LogP contribution in [0.15, 0.2) is 42.5 Å². The number of hydrogen-bond donors (Lipinski definition) is 2. The van der Waals surface area contributed by atoms with E-state index in [-0.39, 0.29) is 5.91 Å². The van der Waals surface area contributed by atoms with Crippen molar-refractivity contribution in [2.45, 2.75) is 33.7 Å². The maximum absolute atomic E-state index is 12.0. The molecule has 4 rings (SSSR count). The van der Waals surface area contributed by atoms with Crippen molar-refractivity contribution in [3.63, 3.8) is 0 Å². The molecule has 1 aliphatic heterocycles. The van der Waals surface area contributed by atoms with Crippen molar-refractivity contribution in [2.24, 2.45) is 11.7 Å². The topological polar surface area (TPSA) is 71.2 Å². The van der Waals surface area contributed by atoms with Crippen molar-refractivity contribution in [3.05, 3.63) is 59.3 Å². The number of piperazine rings is 1. The van der Waals surface area contributed by atoms with Gasteiger partial charge in [-0.05, 0) is 42.0 Å². The van der Waals surface area contributed by atoms with Crippen molar-refractivity contribution in [1.82, 2.24) is 10.3 Å². The summed E-state index contributed by atoms with van der Waals surface area (Å²) in [6.45, 7) is 8.76. The normalized spacial score (nSPS) is 14.4. The Bertz CT molecular complexity index is 1070. The van der Waals surface area contributed by atoms with Crippen molar-refractivity contribution in [3.8, 4) is 11.1 Å². The van der Waals surface area contributed by atoms with Crippen molar-refractivity contribution in [2.75, 3.05) is 24.5 Å². The van der Waals surface area contributed by atoms with E-state index in [1.54, 1.807) is 0 Å². The highest BCUT2D eigenvalue weighted by Gasteiger charge is 2.22. The molecule has 0 spiro atoms. The quantitative estimate of drug-likeness (QED) is 0.681. The van der Waals surface area contributed by atoms with Gasteiger partial charge >= 0.3 is 0 Å². The molecule has 0 bridgehead atoms. The first kappa shape index (κ1) is 20.4. The molecule has 30 heavy (non-hydrogen) atoms. The van der Waals surface area contributed by atoms with E-state index in [9.17, 15) is 4.79 Å². The van der Waals surface area contributed by atoms with Crippen LogP contribution in [0.3, 0.4) is 0 Å². The van der Waals surface area contributed by atoms with E-state index in [1.165, 1.54) is 11.1 Å². The summed E-state index contributed by atoms with van der Waals surface area (Å²) in [5.74, 6) is 0.525. The molecule has 1 amide bonds. The lowest BCUT2D eigenvalue weighted by Gasteiger charge is -2.30. The molecule has 0 atom stereocenters. The number of rotatable bonds is 5. The molecule has 1 aromatic heterocycles. The van der Waals surface area contributed by atoms with E-state index in [1.807, 2.05) is 0 Å². The van der Waals surface area contributed by atoms with Crippen LogP contribution in [0.2, 0.25) is 0 Å². The summed E-state index contributed by atoms with van der Waals surface area (Å²) in [7, 11) is 0. The minimum atomic E-state index is 0.0537. The average Bonchev–Trinajstić information content (AvgIpc) is 2.72. The lowest BCUT2D eigenvalue weighted by atomic mass is 9.91. The van der Waals surface area contributed by atoms with E-state index >= 15 is 0 Å². The second-order valence-corrected chi connectivity index (χ2v) is 8.52. The number of nitrogens with two attached hydrogens (primary N) is 1. The molecule has 156 valence electrons. The van der Waals surface area contributed by atoms with Crippen LogP contribution in [0.5, 0.6) is 0 Å². The largest absolute Gasteiger partial charge is 0.359 e. The van der Waals surface area contributed by atoms with Crippen LogP contribution >= 0.6 is 0 Å². The number of carbonyl (C=O) groups excluding carboxylic acids is 1. The third-order valence-electron chi connectivity index (χ3n) is 5.71. The fourth-order valence-electron chi connectivity index (χ4n) is 4.28. The van der Waals surface area contributed by atoms with Gasteiger partial charge < -0.3 is 16.0 Å². The Labute approximate surface area is 178 Å². The van der Waals surface area contributed by atoms with E-state index in [4.69, 9.17) is 10.7 Å².